The van der Waals surface area contributed by atoms with Crippen LogP contribution < -0.4 is 10.2 Å². The van der Waals surface area contributed by atoms with Crippen molar-refractivity contribution < 1.29 is 9.59 Å². The van der Waals surface area contributed by atoms with E-state index >= 15 is 0 Å². The number of aromatic amines is 1. The number of hydrogen-bond donors (Lipinski definition) is 2. The fraction of sp³-hybridized carbons (Fsp3) is 0.185. The van der Waals surface area contributed by atoms with Gasteiger partial charge in [-0.05, 0) is 54.8 Å². The molecule has 160 valence electrons. The minimum Gasteiger partial charge on any atom is -0.361 e. The SMILES string of the molecule is Cc1ccc2[nH]cc(CCNC(=O)[C@@H]3Cc4ccccc4N3C(=O)c3ccccc3)c2c1. The number of benzene rings is 3. The number of para-hydroxylation sites is 1. The van der Waals surface area contributed by atoms with Crippen LogP contribution >= 0.6 is 0 Å². The van der Waals surface area contributed by atoms with E-state index in [0.29, 0.717) is 18.5 Å². The highest BCUT2D eigenvalue weighted by Gasteiger charge is 2.38. The van der Waals surface area contributed by atoms with Gasteiger partial charge in [-0.3, -0.25) is 14.5 Å². The standard InChI is InChI=1S/C27H25N3O2/c1-18-11-12-23-22(15-18)21(17-29-23)13-14-28-26(31)25-16-20-9-5-6-10-24(20)30(25)27(32)19-7-3-2-4-8-19/h2-12,15,17,25,29H,13-14,16H2,1H3,(H,28,31)/t25-/m0/s1. The Bertz CT molecular complexity index is 1290. The number of carbonyl (C=O) groups excluding carboxylic acids is 2. The van der Waals surface area contributed by atoms with E-state index < -0.39 is 6.04 Å². The number of nitrogens with one attached hydrogen (secondary N) is 2. The number of anilines is 1. The largest absolute Gasteiger partial charge is 0.361 e. The third-order valence-corrected chi connectivity index (χ3v) is 6.13. The van der Waals surface area contributed by atoms with E-state index in [1.807, 2.05) is 48.7 Å². The first-order valence-corrected chi connectivity index (χ1v) is 10.9. The second-order valence-electron chi connectivity index (χ2n) is 8.29. The molecule has 1 aliphatic heterocycles. The average Bonchev–Trinajstić information content (AvgIpc) is 3.40. The molecule has 2 N–H and O–H groups in total. The first-order valence-electron chi connectivity index (χ1n) is 10.9. The molecule has 0 fully saturated rings. The summed E-state index contributed by atoms with van der Waals surface area (Å²) in [6.07, 6.45) is 3.25. The summed E-state index contributed by atoms with van der Waals surface area (Å²) in [4.78, 5) is 31.4. The lowest BCUT2D eigenvalue weighted by atomic mass is 10.1. The maximum atomic E-state index is 13.3. The summed E-state index contributed by atoms with van der Waals surface area (Å²) in [5.41, 5.74) is 5.90. The van der Waals surface area contributed by atoms with Crippen molar-refractivity contribution in [1.82, 2.24) is 10.3 Å². The maximum Gasteiger partial charge on any atom is 0.259 e. The van der Waals surface area contributed by atoms with Crippen molar-refractivity contribution in [2.45, 2.75) is 25.8 Å². The maximum absolute atomic E-state index is 13.3. The Balaban J connectivity index is 1.33. The van der Waals surface area contributed by atoms with E-state index in [0.717, 1.165) is 23.2 Å². The van der Waals surface area contributed by atoms with Crippen LogP contribution in [0.15, 0.2) is 79.0 Å². The van der Waals surface area contributed by atoms with Crippen molar-refractivity contribution in [1.29, 1.82) is 0 Å². The van der Waals surface area contributed by atoms with E-state index in [4.69, 9.17) is 0 Å². The second kappa shape index (κ2) is 8.35. The van der Waals surface area contributed by atoms with Gasteiger partial charge in [0.05, 0.1) is 0 Å². The Kier molecular flexibility index (Phi) is 5.23. The molecule has 0 unspecified atom stereocenters. The van der Waals surface area contributed by atoms with Gasteiger partial charge in [0, 0.05) is 41.3 Å². The van der Waals surface area contributed by atoms with Gasteiger partial charge in [0.15, 0.2) is 0 Å². The first-order chi connectivity index (χ1) is 15.6. The number of aryl methyl sites for hydroxylation is 1. The molecule has 2 heterocycles. The molecule has 1 aromatic heterocycles. The van der Waals surface area contributed by atoms with Crippen molar-refractivity contribution in [3.63, 3.8) is 0 Å². The molecule has 1 atom stereocenters. The summed E-state index contributed by atoms with van der Waals surface area (Å²) in [5.74, 6) is -0.274. The van der Waals surface area contributed by atoms with Gasteiger partial charge in [-0.1, -0.05) is 48.0 Å². The molecule has 1 aliphatic rings. The Hall–Kier alpha value is -3.86. The lowest BCUT2D eigenvalue weighted by molar-refractivity contribution is -0.122. The van der Waals surface area contributed by atoms with Gasteiger partial charge in [0.1, 0.15) is 6.04 Å². The summed E-state index contributed by atoms with van der Waals surface area (Å²) in [6.45, 7) is 2.59. The van der Waals surface area contributed by atoms with Crippen LogP contribution in [0.1, 0.15) is 27.0 Å². The van der Waals surface area contributed by atoms with Gasteiger partial charge in [-0.25, -0.2) is 0 Å². The van der Waals surface area contributed by atoms with Crippen molar-refractivity contribution in [2.75, 3.05) is 11.4 Å². The number of aromatic nitrogens is 1. The van der Waals surface area contributed by atoms with E-state index in [-0.39, 0.29) is 11.8 Å². The van der Waals surface area contributed by atoms with Crippen molar-refractivity contribution in [2.24, 2.45) is 0 Å². The minimum atomic E-state index is -0.551. The van der Waals surface area contributed by atoms with Gasteiger partial charge < -0.3 is 10.3 Å². The molecule has 2 amide bonds. The molecule has 0 radical (unpaired) electrons. The number of H-pyrrole nitrogens is 1. The van der Waals surface area contributed by atoms with E-state index in [9.17, 15) is 9.59 Å². The van der Waals surface area contributed by atoms with Crippen LogP contribution in [0.3, 0.4) is 0 Å². The topological polar surface area (TPSA) is 65.2 Å². The van der Waals surface area contributed by atoms with Crippen molar-refractivity contribution >= 4 is 28.4 Å². The Morgan fingerprint density at radius 2 is 1.81 bits per heavy atom. The molecule has 0 aliphatic carbocycles. The summed E-state index contributed by atoms with van der Waals surface area (Å²) in [5, 5.41) is 4.25. The van der Waals surface area contributed by atoms with E-state index in [1.165, 1.54) is 16.5 Å². The molecule has 5 heteroatoms. The molecule has 3 aromatic carbocycles. The smallest absolute Gasteiger partial charge is 0.259 e. The number of rotatable bonds is 5. The molecule has 5 rings (SSSR count). The Morgan fingerprint density at radius 1 is 1.03 bits per heavy atom. The summed E-state index contributed by atoms with van der Waals surface area (Å²) in [7, 11) is 0. The van der Waals surface area contributed by atoms with E-state index in [1.54, 1.807) is 17.0 Å². The van der Waals surface area contributed by atoms with Gasteiger partial charge in [-0.2, -0.15) is 0 Å². The third kappa shape index (κ3) is 3.66. The zero-order valence-corrected chi connectivity index (χ0v) is 18.0. The van der Waals surface area contributed by atoms with Crippen LogP contribution in [0.5, 0.6) is 0 Å². The number of fused-ring (bicyclic) bond motifs is 2. The lowest BCUT2D eigenvalue weighted by Gasteiger charge is -2.25. The minimum absolute atomic E-state index is 0.124. The average molecular weight is 424 g/mol. The molecule has 0 bridgehead atoms. The predicted octanol–water partition coefficient (Wildman–Crippen LogP) is 4.41. The van der Waals surface area contributed by atoms with Gasteiger partial charge in [-0.15, -0.1) is 0 Å². The quantitative estimate of drug-likeness (QED) is 0.500. The first kappa shape index (κ1) is 20.1. The van der Waals surface area contributed by atoms with Gasteiger partial charge >= 0.3 is 0 Å². The monoisotopic (exact) mass is 423 g/mol. The molecule has 0 saturated carbocycles. The van der Waals surface area contributed by atoms with Crippen LogP contribution in [-0.2, 0) is 17.6 Å². The van der Waals surface area contributed by atoms with Gasteiger partial charge in [0.25, 0.3) is 5.91 Å². The molecule has 0 saturated heterocycles. The predicted molar refractivity (Wildman–Crippen MR) is 127 cm³/mol. The molecule has 5 nitrogen and oxygen atoms in total. The zero-order valence-electron chi connectivity index (χ0n) is 18.0. The molecular weight excluding hydrogens is 398 g/mol. The molecule has 4 aromatic rings. The Labute approximate surface area is 187 Å². The summed E-state index contributed by atoms with van der Waals surface area (Å²) < 4.78 is 0. The summed E-state index contributed by atoms with van der Waals surface area (Å²) >= 11 is 0. The van der Waals surface area contributed by atoms with Crippen molar-refractivity contribution in [3.05, 3.63) is 101 Å². The number of carbonyl (C=O) groups is 2. The lowest BCUT2D eigenvalue weighted by Crippen LogP contribution is -2.48. The third-order valence-electron chi connectivity index (χ3n) is 6.13. The number of hydrogen-bond acceptors (Lipinski definition) is 2. The second-order valence-corrected chi connectivity index (χ2v) is 8.29. The van der Waals surface area contributed by atoms with Gasteiger partial charge in [0.2, 0.25) is 5.91 Å². The summed E-state index contributed by atoms with van der Waals surface area (Å²) in [6, 6.07) is 22.7. The molecule has 0 spiro atoms. The number of amides is 2. The number of nitrogens with zero attached hydrogens (tertiary/aromatic N) is 1. The van der Waals surface area contributed by atoms with Crippen LogP contribution in [0.4, 0.5) is 5.69 Å². The highest BCUT2D eigenvalue weighted by atomic mass is 16.2. The van der Waals surface area contributed by atoms with Crippen LogP contribution in [-0.4, -0.2) is 29.4 Å². The van der Waals surface area contributed by atoms with Crippen LogP contribution in [0.25, 0.3) is 10.9 Å². The van der Waals surface area contributed by atoms with E-state index in [2.05, 4.69) is 35.4 Å². The fourth-order valence-electron chi connectivity index (χ4n) is 4.50. The normalized spacial score (nSPS) is 15.0. The highest BCUT2D eigenvalue weighted by molar-refractivity contribution is 6.11. The highest BCUT2D eigenvalue weighted by Crippen LogP contribution is 2.33. The fourth-order valence-corrected chi connectivity index (χ4v) is 4.50. The Morgan fingerprint density at radius 3 is 2.66 bits per heavy atom. The zero-order chi connectivity index (χ0) is 22.1. The van der Waals surface area contributed by atoms with Crippen molar-refractivity contribution in [3.8, 4) is 0 Å². The molecular formula is C27H25N3O2. The van der Waals surface area contributed by atoms with Crippen LogP contribution in [0, 0.1) is 6.92 Å². The van der Waals surface area contributed by atoms with Crippen LogP contribution in [0.2, 0.25) is 0 Å². The molecule has 32 heavy (non-hydrogen) atoms.